The minimum atomic E-state index is -2.98. The molecule has 0 aliphatic carbocycles. The molecule has 2 aliphatic heterocycles. The van der Waals surface area contributed by atoms with Crippen molar-refractivity contribution in [1.82, 2.24) is 4.57 Å². The number of hydrogen-bond acceptors (Lipinski definition) is 3. The van der Waals surface area contributed by atoms with E-state index >= 15 is 0 Å². The number of aryl methyl sites for hydroxylation is 1. The number of benzene rings is 2. The summed E-state index contributed by atoms with van der Waals surface area (Å²) in [6, 6.07) is 15.5. The van der Waals surface area contributed by atoms with E-state index in [1.165, 1.54) is 41.8 Å². The molecular formula is C24H28N2O2S. The van der Waals surface area contributed by atoms with Gasteiger partial charge in [-0.2, -0.15) is 0 Å². The van der Waals surface area contributed by atoms with Crippen LogP contribution in [0.3, 0.4) is 0 Å². The Kier molecular flexibility index (Phi) is 4.66. The molecule has 0 unspecified atom stereocenters. The van der Waals surface area contributed by atoms with Crippen LogP contribution in [0.2, 0.25) is 0 Å². The third-order valence-electron chi connectivity index (χ3n) is 6.58. The molecule has 5 heteroatoms. The van der Waals surface area contributed by atoms with Crippen molar-refractivity contribution in [3.8, 4) is 0 Å². The topological polar surface area (TPSA) is 42.3 Å². The monoisotopic (exact) mass is 408 g/mol. The van der Waals surface area contributed by atoms with Gasteiger partial charge in [-0.15, -0.1) is 0 Å². The molecule has 0 atom stereocenters. The first kappa shape index (κ1) is 18.7. The van der Waals surface area contributed by atoms with Gasteiger partial charge in [0.1, 0.15) is 0 Å². The van der Waals surface area contributed by atoms with E-state index in [0.717, 1.165) is 36.0 Å². The number of sulfone groups is 1. The Labute approximate surface area is 173 Å². The highest BCUT2D eigenvalue weighted by Gasteiger charge is 2.26. The van der Waals surface area contributed by atoms with E-state index in [2.05, 4.69) is 59.0 Å². The summed E-state index contributed by atoms with van der Waals surface area (Å²) in [5.41, 5.74) is 7.18. The number of rotatable bonds is 3. The first-order chi connectivity index (χ1) is 14.0. The van der Waals surface area contributed by atoms with Crippen LogP contribution in [0.25, 0.3) is 10.9 Å². The molecule has 3 heterocycles. The summed E-state index contributed by atoms with van der Waals surface area (Å²) in [6.45, 7) is 2.33. The highest BCUT2D eigenvalue weighted by molar-refractivity contribution is 7.90. The van der Waals surface area contributed by atoms with Crippen molar-refractivity contribution in [3.63, 3.8) is 0 Å². The van der Waals surface area contributed by atoms with Gasteiger partial charge in [0.2, 0.25) is 0 Å². The van der Waals surface area contributed by atoms with Crippen LogP contribution in [-0.2, 0) is 35.5 Å². The summed E-state index contributed by atoms with van der Waals surface area (Å²) in [7, 11) is -0.926. The van der Waals surface area contributed by atoms with Crippen LogP contribution in [0.1, 0.15) is 41.6 Å². The van der Waals surface area contributed by atoms with Gasteiger partial charge in [0, 0.05) is 48.8 Å². The van der Waals surface area contributed by atoms with Crippen molar-refractivity contribution in [2.75, 3.05) is 23.7 Å². The normalized spacial score (nSPS) is 18.7. The molecule has 5 rings (SSSR count). The van der Waals surface area contributed by atoms with Crippen molar-refractivity contribution < 1.29 is 8.42 Å². The molecule has 29 heavy (non-hydrogen) atoms. The maximum Gasteiger partial charge on any atom is 0.154 e. The van der Waals surface area contributed by atoms with Crippen molar-refractivity contribution in [3.05, 3.63) is 64.8 Å². The molecular weight excluding hydrogens is 380 g/mol. The first-order valence-electron chi connectivity index (χ1n) is 10.6. The second kappa shape index (κ2) is 7.21. The van der Waals surface area contributed by atoms with Crippen LogP contribution in [0.15, 0.2) is 42.5 Å². The van der Waals surface area contributed by atoms with Crippen LogP contribution in [-0.4, -0.2) is 31.8 Å². The molecule has 1 fully saturated rings. The number of hydrogen-bond donors (Lipinski definition) is 0. The summed E-state index contributed by atoms with van der Waals surface area (Å²) in [5.74, 6) is 0.439. The lowest BCUT2D eigenvalue weighted by Gasteiger charge is -2.28. The molecule has 1 saturated heterocycles. The predicted molar refractivity (Wildman–Crippen MR) is 119 cm³/mol. The summed E-state index contributed by atoms with van der Waals surface area (Å²) >= 11 is 0. The minimum absolute atomic E-state index is 0.174. The Bertz CT molecular complexity index is 1150. The third-order valence-corrected chi connectivity index (χ3v) is 8.14. The number of anilines is 1. The van der Waals surface area contributed by atoms with E-state index in [1.54, 1.807) is 0 Å². The van der Waals surface area contributed by atoms with Crippen molar-refractivity contribution >= 4 is 26.4 Å². The number of aromatic nitrogens is 1. The lowest BCUT2D eigenvalue weighted by Crippen LogP contribution is -2.29. The molecule has 1 aromatic heterocycles. The van der Waals surface area contributed by atoms with Crippen molar-refractivity contribution in [2.45, 2.75) is 37.9 Å². The standard InChI is InChI=1S/C24H28N2O2S/c1-25-23-10-7-19(16-21(23)22-17-29(27,28)14-11-24(22)25)15-18-5-8-20(9-6-18)26-12-3-2-4-13-26/h5-10,16H,2-4,11-15,17H2,1H3. The molecule has 0 amide bonds. The number of nitrogens with zero attached hydrogens (tertiary/aromatic N) is 2. The molecule has 0 radical (unpaired) electrons. The molecule has 3 aromatic rings. The average Bonchev–Trinajstić information content (AvgIpc) is 2.99. The second-order valence-corrected chi connectivity index (χ2v) is 10.8. The summed E-state index contributed by atoms with van der Waals surface area (Å²) in [4.78, 5) is 2.48. The van der Waals surface area contributed by atoms with E-state index < -0.39 is 9.84 Å². The van der Waals surface area contributed by atoms with E-state index in [9.17, 15) is 8.42 Å². The summed E-state index contributed by atoms with van der Waals surface area (Å²) in [6.07, 6.45) is 5.42. The first-order valence-corrected chi connectivity index (χ1v) is 12.5. The Balaban J connectivity index is 1.42. The van der Waals surface area contributed by atoms with Crippen LogP contribution in [0.4, 0.5) is 5.69 Å². The van der Waals surface area contributed by atoms with Gasteiger partial charge in [-0.25, -0.2) is 8.42 Å². The molecule has 4 nitrogen and oxygen atoms in total. The number of piperidine rings is 1. The lowest BCUT2D eigenvalue weighted by atomic mass is 10.0. The van der Waals surface area contributed by atoms with E-state index in [0.29, 0.717) is 6.42 Å². The molecule has 0 saturated carbocycles. The molecule has 2 aromatic carbocycles. The summed E-state index contributed by atoms with van der Waals surface area (Å²) in [5, 5.41) is 1.10. The Hall–Kier alpha value is -2.27. The zero-order chi connectivity index (χ0) is 20.0. The molecule has 152 valence electrons. The van der Waals surface area contributed by atoms with Crippen LogP contribution < -0.4 is 4.90 Å². The Morgan fingerprint density at radius 1 is 0.931 bits per heavy atom. The van der Waals surface area contributed by atoms with Gasteiger partial charge in [-0.05, 0) is 66.6 Å². The van der Waals surface area contributed by atoms with E-state index in [-0.39, 0.29) is 11.5 Å². The minimum Gasteiger partial charge on any atom is -0.372 e. The van der Waals surface area contributed by atoms with E-state index in [4.69, 9.17) is 0 Å². The largest absolute Gasteiger partial charge is 0.372 e. The average molecular weight is 409 g/mol. The predicted octanol–water partition coefficient (Wildman–Crippen LogP) is 4.23. The van der Waals surface area contributed by atoms with Crippen molar-refractivity contribution in [1.29, 1.82) is 0 Å². The van der Waals surface area contributed by atoms with Crippen LogP contribution in [0, 0.1) is 0 Å². The van der Waals surface area contributed by atoms with Crippen LogP contribution in [0.5, 0.6) is 0 Å². The molecule has 2 aliphatic rings. The Morgan fingerprint density at radius 2 is 1.66 bits per heavy atom. The smallest absolute Gasteiger partial charge is 0.154 e. The Morgan fingerprint density at radius 3 is 2.41 bits per heavy atom. The lowest BCUT2D eigenvalue weighted by molar-refractivity contribution is 0.578. The molecule has 0 N–H and O–H groups in total. The van der Waals surface area contributed by atoms with Gasteiger partial charge >= 0.3 is 0 Å². The quantitative estimate of drug-likeness (QED) is 0.651. The van der Waals surface area contributed by atoms with Gasteiger partial charge in [0.15, 0.2) is 9.84 Å². The fourth-order valence-corrected chi connectivity index (χ4v) is 6.38. The second-order valence-electron chi connectivity index (χ2n) is 8.57. The zero-order valence-corrected chi connectivity index (χ0v) is 17.8. The maximum absolute atomic E-state index is 12.2. The van der Waals surface area contributed by atoms with Gasteiger partial charge < -0.3 is 9.47 Å². The summed E-state index contributed by atoms with van der Waals surface area (Å²) < 4.78 is 26.6. The van der Waals surface area contributed by atoms with Crippen LogP contribution >= 0.6 is 0 Å². The fourth-order valence-electron chi connectivity index (χ4n) is 4.97. The highest BCUT2D eigenvalue weighted by Crippen LogP contribution is 2.32. The van der Waals surface area contributed by atoms with Gasteiger partial charge in [0.05, 0.1) is 11.5 Å². The zero-order valence-electron chi connectivity index (χ0n) is 17.0. The van der Waals surface area contributed by atoms with Gasteiger partial charge in [-0.1, -0.05) is 18.2 Å². The number of fused-ring (bicyclic) bond motifs is 3. The van der Waals surface area contributed by atoms with Gasteiger partial charge in [0.25, 0.3) is 0 Å². The SMILES string of the molecule is Cn1c2c(c3cc(Cc4ccc(N5CCCCC5)cc4)ccc31)CS(=O)(=O)CC2. The van der Waals surface area contributed by atoms with E-state index in [1.807, 2.05) is 0 Å². The van der Waals surface area contributed by atoms with Crippen molar-refractivity contribution in [2.24, 2.45) is 7.05 Å². The molecule has 0 bridgehead atoms. The van der Waals surface area contributed by atoms with Gasteiger partial charge in [-0.3, -0.25) is 0 Å². The highest BCUT2D eigenvalue weighted by atomic mass is 32.2. The molecule has 0 spiro atoms. The fraction of sp³-hybridized carbons (Fsp3) is 0.417. The third kappa shape index (κ3) is 3.57. The maximum atomic E-state index is 12.2.